The summed E-state index contributed by atoms with van der Waals surface area (Å²) in [6, 6.07) is 9.62. The predicted molar refractivity (Wildman–Crippen MR) is 102 cm³/mol. The van der Waals surface area contributed by atoms with Gasteiger partial charge in [0.2, 0.25) is 11.6 Å². The van der Waals surface area contributed by atoms with Crippen LogP contribution in [0.25, 0.3) is 0 Å². The largest absolute Gasteiger partial charge is 0.497 e. The van der Waals surface area contributed by atoms with Gasteiger partial charge in [0.25, 0.3) is 0 Å². The van der Waals surface area contributed by atoms with Crippen molar-refractivity contribution in [3.8, 4) is 11.6 Å². The molecular formula is C21H19F2N3O4. The molecule has 1 atom stereocenters. The Hall–Kier alpha value is -3.49. The molecule has 0 aliphatic heterocycles. The average Bonchev–Trinajstić information content (AvgIpc) is 3.12. The van der Waals surface area contributed by atoms with Crippen LogP contribution in [-0.2, 0) is 19.4 Å². The van der Waals surface area contributed by atoms with Crippen LogP contribution in [0, 0.1) is 11.6 Å². The Morgan fingerprint density at radius 3 is 2.57 bits per heavy atom. The number of fused-ring (bicyclic) bond motifs is 1. The van der Waals surface area contributed by atoms with Gasteiger partial charge in [-0.15, -0.1) is 5.10 Å². The maximum atomic E-state index is 13.6. The second-order valence-electron chi connectivity index (χ2n) is 7.07. The van der Waals surface area contributed by atoms with Crippen molar-refractivity contribution in [1.82, 2.24) is 15.0 Å². The van der Waals surface area contributed by atoms with Crippen LogP contribution < -0.4 is 9.47 Å². The minimum absolute atomic E-state index is 0.0364. The summed E-state index contributed by atoms with van der Waals surface area (Å²) in [5.74, 6) is -2.30. The van der Waals surface area contributed by atoms with Gasteiger partial charge in [0.1, 0.15) is 11.9 Å². The van der Waals surface area contributed by atoms with Gasteiger partial charge in [0.15, 0.2) is 11.6 Å². The number of benzene rings is 2. The van der Waals surface area contributed by atoms with Crippen molar-refractivity contribution < 1.29 is 28.2 Å². The van der Waals surface area contributed by atoms with Gasteiger partial charge in [-0.25, -0.2) is 18.3 Å². The molecule has 9 heteroatoms. The smallest absolute Gasteiger partial charge is 0.362 e. The Balaban J connectivity index is 1.57. The van der Waals surface area contributed by atoms with Crippen LogP contribution in [0.4, 0.5) is 8.78 Å². The average molecular weight is 415 g/mol. The molecule has 1 aromatic heterocycles. The van der Waals surface area contributed by atoms with E-state index in [1.165, 1.54) is 16.8 Å². The highest BCUT2D eigenvalue weighted by Crippen LogP contribution is 2.28. The summed E-state index contributed by atoms with van der Waals surface area (Å²) in [5.41, 5.74) is 1.95. The number of aryl methyl sites for hydroxylation is 1. The molecule has 1 heterocycles. The zero-order valence-corrected chi connectivity index (χ0v) is 16.1. The van der Waals surface area contributed by atoms with E-state index in [2.05, 4.69) is 10.3 Å². The first-order valence-corrected chi connectivity index (χ1v) is 9.37. The molecule has 7 nitrogen and oxygen atoms in total. The van der Waals surface area contributed by atoms with Crippen molar-refractivity contribution in [1.29, 1.82) is 0 Å². The Bertz CT molecular complexity index is 1080. The van der Waals surface area contributed by atoms with E-state index in [1.807, 2.05) is 12.1 Å². The number of hydrogen-bond donors (Lipinski definition) is 1. The molecule has 0 bridgehead atoms. The first-order valence-electron chi connectivity index (χ1n) is 9.37. The SMILES string of the molecule is COc1ccc(Cn2nnc(C(=O)O)c2OC2CCc3cc(F)c(F)cc3C2)cc1. The van der Waals surface area contributed by atoms with Gasteiger partial charge in [-0.2, -0.15) is 0 Å². The van der Waals surface area contributed by atoms with Crippen LogP contribution in [0.2, 0.25) is 0 Å². The lowest BCUT2D eigenvalue weighted by Crippen LogP contribution is -2.27. The molecule has 30 heavy (non-hydrogen) atoms. The van der Waals surface area contributed by atoms with Crippen LogP contribution in [0.15, 0.2) is 36.4 Å². The Morgan fingerprint density at radius 2 is 1.90 bits per heavy atom. The van der Waals surface area contributed by atoms with Crippen molar-refractivity contribution in [2.24, 2.45) is 0 Å². The standard InChI is InChI=1S/C21H19F2N3O4/c1-29-15-5-2-12(3-6-15)11-26-20(19(21(27)28)24-25-26)30-16-7-4-13-9-17(22)18(23)10-14(13)8-16/h2-3,5-6,9-10,16H,4,7-8,11H2,1H3,(H,27,28). The summed E-state index contributed by atoms with van der Waals surface area (Å²) in [4.78, 5) is 11.6. The second-order valence-corrected chi connectivity index (χ2v) is 7.07. The van der Waals surface area contributed by atoms with Gasteiger partial charge in [-0.3, -0.25) is 0 Å². The molecule has 4 rings (SSSR count). The van der Waals surface area contributed by atoms with E-state index in [0.29, 0.717) is 30.6 Å². The fraction of sp³-hybridized carbons (Fsp3) is 0.286. The van der Waals surface area contributed by atoms with E-state index in [0.717, 1.165) is 11.1 Å². The third-order valence-electron chi connectivity index (χ3n) is 5.09. The third-order valence-corrected chi connectivity index (χ3v) is 5.09. The lowest BCUT2D eigenvalue weighted by Gasteiger charge is -2.25. The van der Waals surface area contributed by atoms with Crippen molar-refractivity contribution in [3.05, 3.63) is 70.4 Å². The van der Waals surface area contributed by atoms with Gasteiger partial charge in [0.05, 0.1) is 13.7 Å². The molecule has 3 aromatic rings. The number of aromatic nitrogens is 3. The fourth-order valence-electron chi connectivity index (χ4n) is 3.54. The number of hydrogen-bond acceptors (Lipinski definition) is 5. The van der Waals surface area contributed by atoms with Crippen molar-refractivity contribution in [2.75, 3.05) is 7.11 Å². The van der Waals surface area contributed by atoms with E-state index in [4.69, 9.17) is 9.47 Å². The molecule has 0 saturated carbocycles. The van der Waals surface area contributed by atoms with Crippen molar-refractivity contribution in [3.63, 3.8) is 0 Å². The molecule has 1 aliphatic rings. The van der Waals surface area contributed by atoms with Crippen LogP contribution >= 0.6 is 0 Å². The number of halogens is 2. The minimum atomic E-state index is -1.25. The number of carboxylic acids is 1. The summed E-state index contributed by atoms with van der Waals surface area (Å²) in [6.45, 7) is 0.253. The molecule has 0 spiro atoms. The van der Waals surface area contributed by atoms with Crippen LogP contribution in [-0.4, -0.2) is 39.3 Å². The number of carboxylic acid groups (broad SMARTS) is 1. The Kier molecular flexibility index (Phi) is 5.35. The number of rotatable bonds is 6. The fourth-order valence-corrected chi connectivity index (χ4v) is 3.54. The normalized spacial score (nSPS) is 15.5. The second kappa shape index (κ2) is 8.10. The van der Waals surface area contributed by atoms with Gasteiger partial charge >= 0.3 is 5.97 Å². The van der Waals surface area contributed by atoms with Gasteiger partial charge in [-0.1, -0.05) is 17.3 Å². The minimum Gasteiger partial charge on any atom is -0.497 e. The number of methoxy groups -OCH3 is 1. The summed E-state index contributed by atoms with van der Waals surface area (Å²) in [6.07, 6.45) is 0.956. The summed E-state index contributed by atoms with van der Waals surface area (Å²) >= 11 is 0. The van der Waals surface area contributed by atoms with Crippen molar-refractivity contribution in [2.45, 2.75) is 31.9 Å². The van der Waals surface area contributed by atoms with E-state index in [-0.39, 0.29) is 18.1 Å². The number of aromatic carboxylic acids is 1. The monoisotopic (exact) mass is 415 g/mol. The van der Waals surface area contributed by atoms with Crippen molar-refractivity contribution >= 4 is 5.97 Å². The van der Waals surface area contributed by atoms with E-state index >= 15 is 0 Å². The van der Waals surface area contributed by atoms with Gasteiger partial charge in [-0.05, 0) is 53.8 Å². The molecule has 0 radical (unpaired) electrons. The number of ether oxygens (including phenoxy) is 2. The highest BCUT2D eigenvalue weighted by atomic mass is 19.2. The zero-order valence-electron chi connectivity index (χ0n) is 16.1. The summed E-state index contributed by atoms with van der Waals surface area (Å²) < 4.78 is 39.6. The quantitative estimate of drug-likeness (QED) is 0.665. The number of carbonyl (C=O) groups is 1. The van der Waals surface area contributed by atoms with E-state index in [1.54, 1.807) is 19.2 Å². The topological polar surface area (TPSA) is 86.5 Å². The maximum Gasteiger partial charge on any atom is 0.362 e. The first-order chi connectivity index (χ1) is 14.4. The molecule has 1 unspecified atom stereocenters. The molecule has 156 valence electrons. The highest BCUT2D eigenvalue weighted by molar-refractivity contribution is 5.87. The predicted octanol–water partition coefficient (Wildman–Crippen LogP) is 3.25. The maximum absolute atomic E-state index is 13.6. The molecular weight excluding hydrogens is 396 g/mol. The lowest BCUT2D eigenvalue weighted by molar-refractivity contribution is 0.0680. The van der Waals surface area contributed by atoms with E-state index < -0.39 is 23.7 Å². The molecule has 0 saturated heterocycles. The van der Waals surface area contributed by atoms with Crippen LogP contribution in [0.1, 0.15) is 33.6 Å². The van der Waals surface area contributed by atoms with E-state index in [9.17, 15) is 18.7 Å². The Morgan fingerprint density at radius 1 is 1.20 bits per heavy atom. The van der Waals surface area contributed by atoms with Gasteiger partial charge in [0, 0.05) is 6.42 Å². The summed E-state index contributed by atoms with van der Waals surface area (Å²) in [5, 5.41) is 17.1. The molecule has 0 amide bonds. The summed E-state index contributed by atoms with van der Waals surface area (Å²) in [7, 11) is 1.57. The zero-order chi connectivity index (χ0) is 21.3. The Labute approximate surface area is 170 Å². The molecule has 1 aliphatic carbocycles. The van der Waals surface area contributed by atoms with Gasteiger partial charge < -0.3 is 14.6 Å². The molecule has 1 N–H and O–H groups in total. The molecule has 0 fully saturated rings. The van der Waals surface area contributed by atoms with Crippen LogP contribution in [0.5, 0.6) is 11.6 Å². The number of nitrogens with zero attached hydrogens (tertiary/aromatic N) is 3. The first kappa shape index (κ1) is 19.8. The lowest BCUT2D eigenvalue weighted by atomic mass is 9.89. The third kappa shape index (κ3) is 3.96. The molecule has 2 aromatic carbocycles. The highest BCUT2D eigenvalue weighted by Gasteiger charge is 2.27. The van der Waals surface area contributed by atoms with Crippen LogP contribution in [0.3, 0.4) is 0 Å².